The molecule has 2 aliphatic rings. The predicted molar refractivity (Wildman–Crippen MR) is 83.2 cm³/mol. The Morgan fingerprint density at radius 2 is 2.25 bits per heavy atom. The fourth-order valence-electron chi connectivity index (χ4n) is 3.09. The number of hydrogen-bond acceptors (Lipinski definition) is 3. The van der Waals surface area contributed by atoms with Crippen LogP contribution in [0.5, 0.6) is 0 Å². The van der Waals surface area contributed by atoms with E-state index in [1.807, 2.05) is 0 Å². The summed E-state index contributed by atoms with van der Waals surface area (Å²) in [6.45, 7) is 9.16. The standard InChI is InChI=1S/C15H30N4O/c1-4-16-14(17-8-5-9-18(2)3)19-10-6-15(12-19)7-11-20-13-15/h4-13H2,1-3H3,(H,16,17). The van der Waals surface area contributed by atoms with Crippen LogP contribution >= 0.6 is 0 Å². The molecule has 1 spiro atoms. The molecular weight excluding hydrogens is 252 g/mol. The molecule has 5 heteroatoms. The number of rotatable bonds is 5. The predicted octanol–water partition coefficient (Wildman–Crippen LogP) is 1.02. The molecule has 1 unspecified atom stereocenters. The third kappa shape index (κ3) is 4.09. The van der Waals surface area contributed by atoms with Gasteiger partial charge in [-0.1, -0.05) is 0 Å². The van der Waals surface area contributed by atoms with E-state index in [4.69, 9.17) is 9.73 Å². The molecule has 5 nitrogen and oxygen atoms in total. The van der Waals surface area contributed by atoms with Crippen molar-refractivity contribution >= 4 is 5.96 Å². The van der Waals surface area contributed by atoms with Crippen molar-refractivity contribution in [2.24, 2.45) is 10.4 Å². The van der Waals surface area contributed by atoms with Crippen LogP contribution in [-0.2, 0) is 4.74 Å². The first-order chi connectivity index (χ1) is 9.65. The summed E-state index contributed by atoms with van der Waals surface area (Å²) in [6, 6.07) is 0. The van der Waals surface area contributed by atoms with Crippen LogP contribution in [0.15, 0.2) is 4.99 Å². The first kappa shape index (κ1) is 15.6. The van der Waals surface area contributed by atoms with Gasteiger partial charge in [-0.15, -0.1) is 0 Å². The molecule has 0 amide bonds. The highest BCUT2D eigenvalue weighted by atomic mass is 16.5. The van der Waals surface area contributed by atoms with Gasteiger partial charge in [-0.3, -0.25) is 4.99 Å². The summed E-state index contributed by atoms with van der Waals surface area (Å²) in [6.07, 6.45) is 3.57. The molecule has 2 rings (SSSR count). The smallest absolute Gasteiger partial charge is 0.193 e. The molecule has 0 aromatic heterocycles. The molecule has 0 bridgehead atoms. The zero-order chi connectivity index (χ0) is 14.4. The molecule has 0 aliphatic carbocycles. The summed E-state index contributed by atoms with van der Waals surface area (Å²) in [7, 11) is 4.22. The molecule has 1 N–H and O–H groups in total. The third-order valence-corrected chi connectivity index (χ3v) is 4.28. The van der Waals surface area contributed by atoms with Crippen molar-refractivity contribution < 1.29 is 4.74 Å². The van der Waals surface area contributed by atoms with Gasteiger partial charge < -0.3 is 19.9 Å². The molecule has 20 heavy (non-hydrogen) atoms. The Balaban J connectivity index is 1.86. The lowest BCUT2D eigenvalue weighted by molar-refractivity contribution is 0.156. The van der Waals surface area contributed by atoms with Crippen molar-refractivity contribution in [2.45, 2.75) is 26.2 Å². The molecule has 0 aromatic rings. The molecule has 2 fully saturated rings. The third-order valence-electron chi connectivity index (χ3n) is 4.28. The number of aliphatic imine (C=N–C) groups is 1. The van der Waals surface area contributed by atoms with Gasteiger partial charge >= 0.3 is 0 Å². The Hall–Kier alpha value is -0.810. The maximum Gasteiger partial charge on any atom is 0.193 e. The Bertz CT molecular complexity index is 324. The molecular formula is C15H30N4O. The van der Waals surface area contributed by atoms with Crippen LogP contribution in [0.25, 0.3) is 0 Å². The molecule has 1 atom stereocenters. The average Bonchev–Trinajstić information content (AvgIpc) is 3.04. The van der Waals surface area contributed by atoms with Crippen molar-refractivity contribution in [3.05, 3.63) is 0 Å². The SMILES string of the molecule is CCNC(=NCCCN(C)C)N1CCC2(CCOC2)C1. The molecule has 0 aromatic carbocycles. The van der Waals surface area contributed by atoms with Gasteiger partial charge in [-0.25, -0.2) is 0 Å². The van der Waals surface area contributed by atoms with E-state index in [1.54, 1.807) is 0 Å². The van der Waals surface area contributed by atoms with E-state index in [2.05, 4.69) is 36.1 Å². The van der Waals surface area contributed by atoms with Crippen molar-refractivity contribution in [3.8, 4) is 0 Å². The van der Waals surface area contributed by atoms with Crippen molar-refractivity contribution in [1.29, 1.82) is 0 Å². The number of nitrogens with one attached hydrogen (secondary N) is 1. The van der Waals surface area contributed by atoms with E-state index in [0.717, 1.165) is 58.3 Å². The van der Waals surface area contributed by atoms with Gasteiger partial charge in [0.25, 0.3) is 0 Å². The maximum absolute atomic E-state index is 5.60. The van der Waals surface area contributed by atoms with Crippen molar-refractivity contribution in [1.82, 2.24) is 15.1 Å². The monoisotopic (exact) mass is 282 g/mol. The summed E-state index contributed by atoms with van der Waals surface area (Å²) < 4.78 is 5.60. The summed E-state index contributed by atoms with van der Waals surface area (Å²) in [5, 5.41) is 3.44. The van der Waals surface area contributed by atoms with Gasteiger partial charge in [0.05, 0.1) is 6.61 Å². The zero-order valence-electron chi connectivity index (χ0n) is 13.3. The largest absolute Gasteiger partial charge is 0.381 e. The number of ether oxygens (including phenoxy) is 1. The van der Waals surface area contributed by atoms with Crippen LogP contribution in [0.2, 0.25) is 0 Å². The number of guanidine groups is 1. The number of hydrogen-bond donors (Lipinski definition) is 1. The quantitative estimate of drug-likeness (QED) is 0.464. The van der Waals surface area contributed by atoms with Gasteiger partial charge in [0.1, 0.15) is 0 Å². The highest BCUT2D eigenvalue weighted by Gasteiger charge is 2.42. The lowest BCUT2D eigenvalue weighted by Gasteiger charge is -2.25. The minimum atomic E-state index is 0.403. The normalized spacial score (nSPS) is 27.0. The zero-order valence-corrected chi connectivity index (χ0v) is 13.3. The molecule has 116 valence electrons. The van der Waals surface area contributed by atoms with Crippen LogP contribution in [-0.4, -0.2) is 75.8 Å². The summed E-state index contributed by atoms with van der Waals surface area (Å²) in [5.74, 6) is 1.09. The minimum Gasteiger partial charge on any atom is -0.381 e. The van der Waals surface area contributed by atoms with Crippen LogP contribution in [0.4, 0.5) is 0 Å². The van der Waals surface area contributed by atoms with Gasteiger partial charge in [-0.2, -0.15) is 0 Å². The van der Waals surface area contributed by atoms with E-state index < -0.39 is 0 Å². The van der Waals surface area contributed by atoms with Gasteiger partial charge in [-0.05, 0) is 46.8 Å². The summed E-state index contributed by atoms with van der Waals surface area (Å²) >= 11 is 0. The number of likely N-dealkylation sites (tertiary alicyclic amines) is 1. The lowest BCUT2D eigenvalue weighted by Crippen LogP contribution is -2.41. The fourth-order valence-corrected chi connectivity index (χ4v) is 3.09. The second kappa shape index (κ2) is 7.27. The van der Waals surface area contributed by atoms with Crippen LogP contribution in [0, 0.1) is 5.41 Å². The van der Waals surface area contributed by atoms with Crippen molar-refractivity contribution in [3.63, 3.8) is 0 Å². The molecule has 2 heterocycles. The summed E-state index contributed by atoms with van der Waals surface area (Å²) in [4.78, 5) is 9.42. The van der Waals surface area contributed by atoms with E-state index >= 15 is 0 Å². The van der Waals surface area contributed by atoms with Gasteiger partial charge in [0.2, 0.25) is 0 Å². The topological polar surface area (TPSA) is 40.1 Å². The second-order valence-electron chi connectivity index (χ2n) is 6.37. The first-order valence-electron chi connectivity index (χ1n) is 7.91. The van der Waals surface area contributed by atoms with Crippen LogP contribution < -0.4 is 5.32 Å². The Morgan fingerprint density at radius 1 is 1.40 bits per heavy atom. The van der Waals surface area contributed by atoms with E-state index in [-0.39, 0.29) is 0 Å². The van der Waals surface area contributed by atoms with Crippen molar-refractivity contribution in [2.75, 3.05) is 60.0 Å². The van der Waals surface area contributed by atoms with Crippen LogP contribution in [0.3, 0.4) is 0 Å². The summed E-state index contributed by atoms with van der Waals surface area (Å²) in [5.41, 5.74) is 0.403. The fraction of sp³-hybridized carbons (Fsp3) is 0.933. The Morgan fingerprint density at radius 3 is 2.90 bits per heavy atom. The van der Waals surface area contributed by atoms with Gasteiger partial charge in [0, 0.05) is 38.2 Å². The molecule has 2 saturated heterocycles. The number of nitrogens with zero attached hydrogens (tertiary/aromatic N) is 3. The Labute approximate surface area is 123 Å². The second-order valence-corrected chi connectivity index (χ2v) is 6.37. The van der Waals surface area contributed by atoms with Gasteiger partial charge in [0.15, 0.2) is 5.96 Å². The first-order valence-corrected chi connectivity index (χ1v) is 7.91. The lowest BCUT2D eigenvalue weighted by atomic mass is 9.87. The molecule has 2 aliphatic heterocycles. The van der Waals surface area contributed by atoms with E-state index in [1.165, 1.54) is 12.8 Å². The van der Waals surface area contributed by atoms with E-state index in [9.17, 15) is 0 Å². The maximum atomic E-state index is 5.60. The minimum absolute atomic E-state index is 0.403. The Kier molecular flexibility index (Phi) is 5.66. The molecule has 0 saturated carbocycles. The highest BCUT2D eigenvalue weighted by molar-refractivity contribution is 5.80. The van der Waals surface area contributed by atoms with Crippen LogP contribution in [0.1, 0.15) is 26.2 Å². The highest BCUT2D eigenvalue weighted by Crippen LogP contribution is 2.38. The molecule has 0 radical (unpaired) electrons. The van der Waals surface area contributed by atoms with E-state index in [0.29, 0.717) is 5.41 Å². The average molecular weight is 282 g/mol.